The van der Waals surface area contributed by atoms with Crippen LogP contribution >= 0.6 is 11.6 Å². The summed E-state index contributed by atoms with van der Waals surface area (Å²) in [6.45, 7) is 2.88. The molecule has 1 atom stereocenters. The highest BCUT2D eigenvalue weighted by atomic mass is 35.5. The lowest BCUT2D eigenvalue weighted by atomic mass is 10.1. The Labute approximate surface area is 131 Å². The van der Waals surface area contributed by atoms with Crippen molar-refractivity contribution < 1.29 is 19.4 Å². The van der Waals surface area contributed by atoms with Crippen LogP contribution in [0, 0.1) is 0 Å². The van der Waals surface area contributed by atoms with E-state index in [0.717, 1.165) is 0 Å². The number of halogens is 1. The van der Waals surface area contributed by atoms with Crippen molar-refractivity contribution in [2.75, 3.05) is 26.3 Å². The Morgan fingerprint density at radius 1 is 1.64 bits per heavy atom. The highest BCUT2D eigenvalue weighted by molar-refractivity contribution is 6.29. The van der Waals surface area contributed by atoms with E-state index in [4.69, 9.17) is 26.2 Å². The van der Waals surface area contributed by atoms with Gasteiger partial charge in [-0.3, -0.25) is 0 Å². The maximum Gasteiger partial charge on any atom is 0.407 e. The molecule has 1 saturated heterocycles. The highest BCUT2D eigenvalue weighted by Crippen LogP contribution is 2.23. The predicted octanol–water partition coefficient (Wildman–Crippen LogP) is 1.53. The zero-order valence-corrected chi connectivity index (χ0v) is 12.7. The second kappa shape index (κ2) is 5.62. The monoisotopic (exact) mass is 326 g/mol. The molecule has 0 bridgehead atoms. The fourth-order valence-electron chi connectivity index (χ4n) is 2.38. The molecule has 0 aliphatic carbocycles. The number of fused-ring (bicyclic) bond motifs is 1. The van der Waals surface area contributed by atoms with Crippen LogP contribution in [-0.2, 0) is 4.74 Å². The first-order chi connectivity index (χ1) is 10.5. The molecule has 22 heavy (non-hydrogen) atoms. The fourth-order valence-corrected chi connectivity index (χ4v) is 2.55. The van der Waals surface area contributed by atoms with Gasteiger partial charge in [-0.1, -0.05) is 11.6 Å². The minimum atomic E-state index is -0.964. The maximum atomic E-state index is 11.1. The van der Waals surface area contributed by atoms with E-state index in [9.17, 15) is 4.79 Å². The molecule has 118 valence electrons. The average molecular weight is 327 g/mol. The molecule has 3 heterocycles. The number of hydrogen-bond donors (Lipinski definition) is 1. The Morgan fingerprint density at radius 2 is 2.45 bits per heavy atom. The minimum absolute atomic E-state index is 0.158. The van der Waals surface area contributed by atoms with Crippen molar-refractivity contribution in [3.05, 3.63) is 23.6 Å². The van der Waals surface area contributed by atoms with E-state index in [0.29, 0.717) is 24.5 Å². The van der Waals surface area contributed by atoms with Gasteiger partial charge in [0.05, 0.1) is 25.5 Å². The van der Waals surface area contributed by atoms with Crippen LogP contribution in [0.25, 0.3) is 5.52 Å². The summed E-state index contributed by atoms with van der Waals surface area (Å²) in [5, 5.41) is 13.4. The summed E-state index contributed by atoms with van der Waals surface area (Å²) in [6.07, 6.45) is 2.23. The summed E-state index contributed by atoms with van der Waals surface area (Å²) >= 11 is 5.93. The van der Waals surface area contributed by atoms with E-state index >= 15 is 0 Å². The number of hydrogen-bond acceptors (Lipinski definition) is 5. The van der Waals surface area contributed by atoms with Gasteiger partial charge in [0.25, 0.3) is 0 Å². The number of carbonyl (C=O) groups is 1. The summed E-state index contributed by atoms with van der Waals surface area (Å²) in [7, 11) is 0. The molecule has 2 aromatic rings. The third-order valence-electron chi connectivity index (χ3n) is 3.45. The van der Waals surface area contributed by atoms with E-state index in [1.165, 1.54) is 4.90 Å². The van der Waals surface area contributed by atoms with Crippen LogP contribution in [0.5, 0.6) is 5.88 Å². The molecule has 0 aromatic carbocycles. The fraction of sp³-hybridized carbons (Fsp3) is 0.462. The number of ether oxygens (including phenoxy) is 2. The molecule has 1 aliphatic rings. The van der Waals surface area contributed by atoms with Crippen molar-refractivity contribution >= 4 is 23.2 Å². The Morgan fingerprint density at radius 3 is 3.23 bits per heavy atom. The lowest BCUT2D eigenvalue weighted by molar-refractivity contribution is -0.110. The van der Waals surface area contributed by atoms with E-state index in [2.05, 4.69) is 10.1 Å². The van der Waals surface area contributed by atoms with Crippen molar-refractivity contribution in [2.24, 2.45) is 0 Å². The van der Waals surface area contributed by atoms with E-state index < -0.39 is 11.7 Å². The van der Waals surface area contributed by atoms with Gasteiger partial charge in [0.1, 0.15) is 17.7 Å². The van der Waals surface area contributed by atoms with E-state index in [-0.39, 0.29) is 18.3 Å². The lowest BCUT2D eigenvalue weighted by Crippen LogP contribution is -2.54. The molecule has 0 spiro atoms. The van der Waals surface area contributed by atoms with Gasteiger partial charge in [-0.15, -0.1) is 0 Å². The van der Waals surface area contributed by atoms with Gasteiger partial charge in [0, 0.05) is 6.54 Å². The Kier molecular flexibility index (Phi) is 3.79. The number of nitrogens with zero attached hydrogens (tertiary/aromatic N) is 4. The van der Waals surface area contributed by atoms with Gasteiger partial charge in [-0.05, 0) is 13.0 Å². The SMILES string of the molecule is CC1(COc2nc(Cl)cn3nccc23)CN(C(=O)O)CCO1. The molecule has 0 saturated carbocycles. The number of carboxylic acid groups (broad SMARTS) is 1. The van der Waals surface area contributed by atoms with Crippen LogP contribution in [0.2, 0.25) is 5.15 Å². The Bertz CT molecular complexity index is 706. The van der Waals surface area contributed by atoms with Crippen LogP contribution in [0.4, 0.5) is 4.79 Å². The van der Waals surface area contributed by atoms with Crippen LogP contribution in [0.1, 0.15) is 6.92 Å². The van der Waals surface area contributed by atoms with Gasteiger partial charge >= 0.3 is 6.09 Å². The second-order valence-electron chi connectivity index (χ2n) is 5.32. The largest absolute Gasteiger partial charge is 0.473 e. The summed E-state index contributed by atoms with van der Waals surface area (Å²) in [5.41, 5.74) is -0.0589. The van der Waals surface area contributed by atoms with E-state index in [1.807, 2.05) is 0 Å². The van der Waals surface area contributed by atoms with Crippen molar-refractivity contribution in [3.63, 3.8) is 0 Å². The van der Waals surface area contributed by atoms with Gasteiger partial charge in [0.2, 0.25) is 5.88 Å². The summed E-state index contributed by atoms with van der Waals surface area (Å²) in [4.78, 5) is 16.5. The molecule has 9 heteroatoms. The molecule has 1 fully saturated rings. The Balaban J connectivity index is 1.75. The summed E-state index contributed by atoms with van der Waals surface area (Å²) in [6, 6.07) is 1.76. The molecule has 8 nitrogen and oxygen atoms in total. The van der Waals surface area contributed by atoms with Gasteiger partial charge in [-0.25, -0.2) is 9.31 Å². The number of amides is 1. The topological polar surface area (TPSA) is 89.2 Å². The van der Waals surface area contributed by atoms with Crippen LogP contribution in [-0.4, -0.2) is 62.6 Å². The normalized spacial score (nSPS) is 22.0. The number of aromatic nitrogens is 3. The highest BCUT2D eigenvalue weighted by Gasteiger charge is 2.35. The first-order valence-electron chi connectivity index (χ1n) is 6.71. The van der Waals surface area contributed by atoms with Gasteiger partial charge in [-0.2, -0.15) is 10.1 Å². The molecular formula is C13H15ClN4O4. The second-order valence-corrected chi connectivity index (χ2v) is 5.71. The predicted molar refractivity (Wildman–Crippen MR) is 77.4 cm³/mol. The zero-order valence-electron chi connectivity index (χ0n) is 11.9. The van der Waals surface area contributed by atoms with Crippen molar-refractivity contribution in [1.82, 2.24) is 19.5 Å². The average Bonchev–Trinajstić information content (AvgIpc) is 2.93. The third kappa shape index (κ3) is 2.93. The molecular weight excluding hydrogens is 312 g/mol. The minimum Gasteiger partial charge on any atom is -0.473 e. The molecule has 3 rings (SSSR count). The smallest absolute Gasteiger partial charge is 0.407 e. The standard InChI is InChI=1S/C13H15ClN4O4/c1-13(7-17(12(19)20)4-5-22-13)8-21-11-9-2-3-15-18(9)6-10(14)16-11/h2-3,6H,4-5,7-8H2,1H3,(H,19,20). The maximum absolute atomic E-state index is 11.1. The third-order valence-corrected chi connectivity index (χ3v) is 3.63. The molecule has 1 amide bonds. The van der Waals surface area contributed by atoms with Crippen molar-refractivity contribution in [3.8, 4) is 5.88 Å². The number of morpholine rings is 1. The van der Waals surface area contributed by atoms with Crippen LogP contribution in [0.3, 0.4) is 0 Å². The van der Waals surface area contributed by atoms with Crippen molar-refractivity contribution in [1.29, 1.82) is 0 Å². The van der Waals surface area contributed by atoms with Gasteiger partial charge < -0.3 is 19.5 Å². The van der Waals surface area contributed by atoms with Crippen LogP contribution < -0.4 is 4.74 Å². The van der Waals surface area contributed by atoms with Crippen LogP contribution in [0.15, 0.2) is 18.5 Å². The lowest BCUT2D eigenvalue weighted by Gasteiger charge is -2.38. The van der Waals surface area contributed by atoms with Gasteiger partial charge in [0.15, 0.2) is 5.15 Å². The molecule has 0 radical (unpaired) electrons. The van der Waals surface area contributed by atoms with E-state index in [1.54, 1.807) is 29.9 Å². The molecule has 1 N–H and O–H groups in total. The first-order valence-corrected chi connectivity index (χ1v) is 7.09. The molecule has 1 unspecified atom stereocenters. The molecule has 1 aliphatic heterocycles. The first kappa shape index (κ1) is 14.9. The summed E-state index contributed by atoms with van der Waals surface area (Å²) < 4.78 is 13.0. The van der Waals surface area contributed by atoms with Crippen molar-refractivity contribution in [2.45, 2.75) is 12.5 Å². The quantitative estimate of drug-likeness (QED) is 0.920. The summed E-state index contributed by atoms with van der Waals surface area (Å²) in [5.74, 6) is 0.335. The number of rotatable bonds is 3. The molecule has 2 aromatic heterocycles. The zero-order chi connectivity index (χ0) is 15.7. The Hall–Kier alpha value is -2.06.